The Labute approximate surface area is 252 Å². The Hall–Kier alpha value is -3.17. The largest absolute Gasteiger partial charge is 0.404 e. The van der Waals surface area contributed by atoms with E-state index < -0.39 is 6.17 Å². The van der Waals surface area contributed by atoms with Crippen molar-refractivity contribution in [3.8, 4) is 0 Å². The molecule has 0 bridgehead atoms. The van der Waals surface area contributed by atoms with Crippen LogP contribution in [-0.2, 0) is 0 Å². The Balaban J connectivity index is 1.28. The molecule has 1 aromatic heterocycles. The van der Waals surface area contributed by atoms with Crippen molar-refractivity contribution in [2.24, 2.45) is 11.7 Å². The molecule has 0 amide bonds. The lowest BCUT2D eigenvalue weighted by Crippen LogP contribution is -2.48. The maximum atomic E-state index is 14.2. The van der Waals surface area contributed by atoms with Crippen LogP contribution in [0.15, 0.2) is 67.4 Å². The Morgan fingerprint density at radius 3 is 2.60 bits per heavy atom. The molecular weight excluding hydrogens is 527 g/mol. The van der Waals surface area contributed by atoms with E-state index in [1.165, 1.54) is 25.6 Å². The highest BCUT2D eigenvalue weighted by Crippen LogP contribution is 2.26. The number of nitrogens with one attached hydrogen (secondary N) is 3. The Morgan fingerprint density at radius 2 is 1.93 bits per heavy atom. The average molecular weight is 579 g/mol. The van der Waals surface area contributed by atoms with E-state index in [0.29, 0.717) is 23.1 Å². The number of allylic oxidation sites excluding steroid dienone is 3. The first-order valence-electron chi connectivity index (χ1n) is 15.7. The fourth-order valence-electron chi connectivity index (χ4n) is 6.14. The van der Waals surface area contributed by atoms with Crippen molar-refractivity contribution in [1.82, 2.24) is 30.4 Å². The molecular formula is C33H51FN8. The van der Waals surface area contributed by atoms with Gasteiger partial charge in [-0.1, -0.05) is 24.8 Å². The van der Waals surface area contributed by atoms with E-state index in [9.17, 15) is 4.39 Å². The number of hydrogen-bond donors (Lipinski definition) is 4. The SMILES string of the molecule is C=CCN1CCN(CC2CCC(N/C=C(\CC(C)F)NC(=C)C(=CN)c3nccc(NC4C=CCCC4)n3)CC2)CC1. The third kappa shape index (κ3) is 9.98. The van der Waals surface area contributed by atoms with Crippen LogP contribution in [0.5, 0.6) is 0 Å². The van der Waals surface area contributed by atoms with Crippen molar-refractivity contribution < 1.29 is 4.39 Å². The van der Waals surface area contributed by atoms with Crippen LogP contribution in [0, 0.1) is 5.92 Å². The molecule has 2 fully saturated rings. The number of nitrogens with two attached hydrogens (primary N) is 1. The zero-order valence-electron chi connectivity index (χ0n) is 25.4. The minimum atomic E-state index is -1.00. The van der Waals surface area contributed by atoms with Crippen molar-refractivity contribution in [3.63, 3.8) is 0 Å². The number of alkyl halides is 1. The highest BCUT2D eigenvalue weighted by atomic mass is 19.1. The normalized spacial score (nSPS) is 25.0. The smallest absolute Gasteiger partial charge is 0.165 e. The third-order valence-electron chi connectivity index (χ3n) is 8.50. The molecule has 8 nitrogen and oxygen atoms in total. The fourth-order valence-corrected chi connectivity index (χ4v) is 6.14. The number of hydrogen-bond acceptors (Lipinski definition) is 8. The van der Waals surface area contributed by atoms with Gasteiger partial charge in [-0.2, -0.15) is 0 Å². The third-order valence-corrected chi connectivity index (χ3v) is 8.50. The molecule has 2 unspecified atom stereocenters. The van der Waals surface area contributed by atoms with Gasteiger partial charge in [0.1, 0.15) is 12.0 Å². The number of piperazine rings is 1. The summed E-state index contributed by atoms with van der Waals surface area (Å²) in [5.74, 6) is 1.96. The summed E-state index contributed by atoms with van der Waals surface area (Å²) < 4.78 is 14.2. The maximum absolute atomic E-state index is 14.2. The van der Waals surface area contributed by atoms with Crippen LogP contribution in [0.1, 0.15) is 64.1 Å². The summed E-state index contributed by atoms with van der Waals surface area (Å²) in [6.07, 6.45) is 18.7. The molecule has 1 aromatic rings. The molecule has 0 radical (unpaired) electrons. The summed E-state index contributed by atoms with van der Waals surface area (Å²) in [5.41, 5.74) is 7.87. The molecule has 4 rings (SSSR count). The van der Waals surface area contributed by atoms with E-state index in [-0.39, 0.29) is 12.5 Å². The summed E-state index contributed by atoms with van der Waals surface area (Å²) >= 11 is 0. The maximum Gasteiger partial charge on any atom is 0.165 e. The minimum Gasteiger partial charge on any atom is -0.404 e. The molecule has 0 spiro atoms. The van der Waals surface area contributed by atoms with Gasteiger partial charge in [-0.05, 0) is 63.9 Å². The highest BCUT2D eigenvalue weighted by molar-refractivity contribution is 5.74. The van der Waals surface area contributed by atoms with E-state index in [0.717, 1.165) is 82.3 Å². The van der Waals surface area contributed by atoms with Crippen LogP contribution < -0.4 is 21.7 Å². The van der Waals surface area contributed by atoms with Gasteiger partial charge in [-0.15, -0.1) is 6.58 Å². The zero-order valence-corrected chi connectivity index (χ0v) is 25.4. The van der Waals surface area contributed by atoms with Crippen molar-refractivity contribution in [1.29, 1.82) is 0 Å². The number of anilines is 1. The molecule has 3 aliphatic rings. The second-order valence-corrected chi connectivity index (χ2v) is 12.0. The Bertz CT molecular complexity index is 1100. The monoisotopic (exact) mass is 578 g/mol. The van der Waals surface area contributed by atoms with E-state index >= 15 is 0 Å². The van der Waals surface area contributed by atoms with Gasteiger partial charge in [-0.25, -0.2) is 14.4 Å². The number of halogens is 1. The lowest BCUT2D eigenvalue weighted by molar-refractivity contribution is 0.114. The van der Waals surface area contributed by atoms with Gasteiger partial charge < -0.3 is 26.6 Å². The lowest BCUT2D eigenvalue weighted by atomic mass is 9.85. The van der Waals surface area contributed by atoms with Gasteiger partial charge in [0, 0.05) is 87.8 Å². The van der Waals surface area contributed by atoms with Crippen LogP contribution >= 0.6 is 0 Å². The molecule has 1 saturated carbocycles. The van der Waals surface area contributed by atoms with Gasteiger partial charge >= 0.3 is 0 Å². The lowest BCUT2D eigenvalue weighted by Gasteiger charge is -2.38. The van der Waals surface area contributed by atoms with Gasteiger partial charge in [0.15, 0.2) is 5.82 Å². The zero-order chi connectivity index (χ0) is 29.7. The van der Waals surface area contributed by atoms with Gasteiger partial charge in [-0.3, -0.25) is 4.90 Å². The van der Waals surface area contributed by atoms with E-state index in [1.54, 1.807) is 13.1 Å². The minimum absolute atomic E-state index is 0.244. The van der Waals surface area contributed by atoms with Crippen molar-refractivity contribution in [2.75, 3.05) is 44.6 Å². The summed E-state index contributed by atoms with van der Waals surface area (Å²) in [6, 6.07) is 2.50. The molecule has 1 aliphatic heterocycles. The number of aromatic nitrogens is 2. The van der Waals surface area contributed by atoms with Crippen molar-refractivity contribution in [2.45, 2.75) is 76.5 Å². The van der Waals surface area contributed by atoms with Crippen molar-refractivity contribution in [3.05, 3.63) is 73.3 Å². The van der Waals surface area contributed by atoms with E-state index in [4.69, 9.17) is 5.73 Å². The molecule has 2 atom stereocenters. The predicted molar refractivity (Wildman–Crippen MR) is 172 cm³/mol. The molecule has 2 heterocycles. The quantitative estimate of drug-likeness (QED) is 0.182. The first-order chi connectivity index (χ1) is 20.4. The van der Waals surface area contributed by atoms with Gasteiger partial charge in [0.25, 0.3) is 0 Å². The Kier molecular flexibility index (Phi) is 12.4. The van der Waals surface area contributed by atoms with E-state index in [1.807, 2.05) is 18.3 Å². The second-order valence-electron chi connectivity index (χ2n) is 12.0. The summed E-state index contributed by atoms with van der Waals surface area (Å²) in [6.45, 7) is 16.4. The van der Waals surface area contributed by atoms with Crippen LogP contribution in [0.3, 0.4) is 0 Å². The first-order valence-corrected chi connectivity index (χ1v) is 15.7. The average Bonchev–Trinajstić information content (AvgIpc) is 2.99. The molecule has 0 aromatic carbocycles. The predicted octanol–water partition coefficient (Wildman–Crippen LogP) is 4.94. The molecule has 9 heteroatoms. The van der Waals surface area contributed by atoms with E-state index in [2.05, 4.69) is 61.0 Å². The molecule has 230 valence electrons. The number of nitrogens with zero attached hydrogens (tertiary/aromatic N) is 4. The Morgan fingerprint density at radius 1 is 1.17 bits per heavy atom. The standard InChI is InChI=1S/C33H51FN8/c1-4-16-41-17-19-42(20-18-41)24-27-10-12-28(13-11-27)37-23-30(21-25(2)34)38-26(3)31(22-35)33-36-15-14-32(40-33)39-29-8-6-5-7-9-29/h4,6,8,14-15,22-23,25,27-29,37-38H,1,3,5,7,9-13,16-21,24,35H2,2H3,(H,36,39,40)/b30-23+,31-22?. The van der Waals surface area contributed by atoms with Crippen LogP contribution in [-0.4, -0.2) is 77.3 Å². The van der Waals surface area contributed by atoms with Crippen molar-refractivity contribution >= 4 is 11.4 Å². The summed E-state index contributed by atoms with van der Waals surface area (Å²) in [5, 5.41) is 10.3. The molecule has 2 aliphatic carbocycles. The topological polar surface area (TPSA) is 94.4 Å². The van der Waals surface area contributed by atoms with Gasteiger partial charge in [0.2, 0.25) is 0 Å². The fraction of sp³-hybridized carbons (Fsp3) is 0.576. The summed E-state index contributed by atoms with van der Waals surface area (Å²) in [7, 11) is 0. The van der Waals surface area contributed by atoms with Crippen LogP contribution in [0.2, 0.25) is 0 Å². The second kappa shape index (κ2) is 16.5. The van der Waals surface area contributed by atoms with Crippen LogP contribution in [0.25, 0.3) is 5.57 Å². The molecule has 1 saturated heterocycles. The van der Waals surface area contributed by atoms with Crippen LogP contribution in [0.4, 0.5) is 10.2 Å². The number of rotatable bonds is 14. The highest BCUT2D eigenvalue weighted by Gasteiger charge is 2.24. The molecule has 5 N–H and O–H groups in total. The van der Waals surface area contributed by atoms with Gasteiger partial charge in [0.05, 0.1) is 5.57 Å². The summed E-state index contributed by atoms with van der Waals surface area (Å²) in [4.78, 5) is 14.2. The first kappa shape index (κ1) is 31.8. The molecule has 42 heavy (non-hydrogen) atoms.